The second-order valence-electron chi connectivity index (χ2n) is 13.6. The van der Waals surface area contributed by atoms with E-state index in [9.17, 15) is 14.4 Å². The highest BCUT2D eigenvalue weighted by Gasteiger charge is 2.44. The van der Waals surface area contributed by atoms with Crippen molar-refractivity contribution in [2.24, 2.45) is 29.1 Å². The van der Waals surface area contributed by atoms with Gasteiger partial charge >= 0.3 is 17.9 Å². The van der Waals surface area contributed by atoms with E-state index in [-0.39, 0.29) is 24.9 Å². The average Bonchev–Trinajstić information content (AvgIpc) is 3.72. The van der Waals surface area contributed by atoms with Crippen LogP contribution in [0.1, 0.15) is 101 Å². The Kier molecular flexibility index (Phi) is 15.3. The Balaban J connectivity index is 2.22. The molecule has 1 fully saturated rings. The molecular formula is C36H58O8. The lowest BCUT2D eigenvalue weighted by molar-refractivity contribution is -0.161. The van der Waals surface area contributed by atoms with Crippen LogP contribution in [0.5, 0.6) is 0 Å². The Hall–Kier alpha value is -2.45. The Morgan fingerprint density at radius 2 is 1.82 bits per heavy atom. The van der Waals surface area contributed by atoms with E-state index in [1.807, 2.05) is 52.0 Å². The summed E-state index contributed by atoms with van der Waals surface area (Å²) in [5.41, 5.74) is 0.418. The second-order valence-corrected chi connectivity index (χ2v) is 13.6. The minimum Gasteiger partial charge on any atom is -0.460 e. The molecule has 0 aromatic carbocycles. The van der Waals surface area contributed by atoms with Crippen molar-refractivity contribution in [3.63, 3.8) is 0 Å². The average molecular weight is 619 g/mol. The number of hydrogen-bond acceptors (Lipinski definition) is 8. The Morgan fingerprint density at radius 3 is 2.45 bits per heavy atom. The highest BCUT2D eigenvalue weighted by molar-refractivity contribution is 5.73. The maximum atomic E-state index is 13.2. The summed E-state index contributed by atoms with van der Waals surface area (Å²) in [7, 11) is 0. The van der Waals surface area contributed by atoms with E-state index in [1.165, 1.54) is 6.92 Å². The minimum atomic E-state index is -0.686. The molecular weight excluding hydrogens is 560 g/mol. The van der Waals surface area contributed by atoms with Gasteiger partial charge in [-0.3, -0.25) is 9.59 Å². The first kappa shape index (κ1) is 37.7. The van der Waals surface area contributed by atoms with E-state index < -0.39 is 35.7 Å². The molecule has 8 nitrogen and oxygen atoms in total. The standard InChI is InChI=1S/C36H58O8/c1-11-24(4)27(7)35-30(43-35)20-23(3)14-13-15-25(5)34-26(6)16-17-31(41-28(8)37)36(9,10)19-18-29(21-32(38)44-34)42-33(39)22-40-12-2/h13-17,23-24,26-27,29-31,34-35H,11-12,18-22H2,1-10H3/b14-13+,17-16+,25-15+. The van der Waals surface area contributed by atoms with Crippen LogP contribution in [0.4, 0.5) is 0 Å². The fourth-order valence-electron chi connectivity index (χ4n) is 5.73. The Labute approximate surface area is 265 Å². The third-order valence-electron chi connectivity index (χ3n) is 9.15. The van der Waals surface area contributed by atoms with Crippen LogP contribution in [0.2, 0.25) is 0 Å². The molecule has 2 heterocycles. The van der Waals surface area contributed by atoms with Gasteiger partial charge in [-0.2, -0.15) is 0 Å². The summed E-state index contributed by atoms with van der Waals surface area (Å²) >= 11 is 0. The fraction of sp³-hybridized carbons (Fsp3) is 0.750. The van der Waals surface area contributed by atoms with E-state index in [0.29, 0.717) is 49.4 Å². The predicted octanol–water partition coefficient (Wildman–Crippen LogP) is 7.16. The van der Waals surface area contributed by atoms with Crippen LogP contribution in [-0.4, -0.2) is 61.6 Å². The SMILES string of the molecule is CCOCC(=O)OC1CCC(C)(C)C(OC(C)=O)/C=C/C(C)C(/C(C)=C/C=C/C(C)CC2OC2C(C)C(C)CC)OC(=O)C1. The number of cyclic esters (lactones) is 1. The Bertz CT molecular complexity index is 1030. The van der Waals surface area contributed by atoms with Gasteiger partial charge in [-0.25, -0.2) is 4.79 Å². The normalized spacial score (nSPS) is 30.7. The summed E-state index contributed by atoms with van der Waals surface area (Å²) in [4.78, 5) is 37.6. The van der Waals surface area contributed by atoms with Gasteiger partial charge < -0.3 is 23.7 Å². The van der Waals surface area contributed by atoms with Crippen LogP contribution in [0.3, 0.4) is 0 Å². The molecule has 0 amide bonds. The molecule has 1 saturated heterocycles. The van der Waals surface area contributed by atoms with Crippen LogP contribution in [0.15, 0.2) is 36.0 Å². The highest BCUT2D eigenvalue weighted by Crippen LogP contribution is 2.38. The molecule has 2 aliphatic rings. The summed E-state index contributed by atoms with van der Waals surface area (Å²) in [6, 6.07) is 0. The van der Waals surface area contributed by atoms with Crippen molar-refractivity contribution < 1.29 is 38.1 Å². The third kappa shape index (κ3) is 12.5. The molecule has 0 aliphatic carbocycles. The lowest BCUT2D eigenvalue weighted by Gasteiger charge is -2.34. The molecule has 2 rings (SSSR count). The Morgan fingerprint density at radius 1 is 1.11 bits per heavy atom. The number of epoxide rings is 1. The molecule has 0 aromatic heterocycles. The fourth-order valence-corrected chi connectivity index (χ4v) is 5.73. The molecule has 250 valence electrons. The first-order valence-electron chi connectivity index (χ1n) is 16.5. The number of allylic oxidation sites excluding steroid dienone is 3. The number of rotatable bonds is 13. The molecule has 0 radical (unpaired) electrons. The second kappa shape index (κ2) is 17.9. The summed E-state index contributed by atoms with van der Waals surface area (Å²) in [6.07, 6.45) is 12.0. The summed E-state index contributed by atoms with van der Waals surface area (Å²) in [6.45, 7) is 20.3. The van der Waals surface area contributed by atoms with Crippen molar-refractivity contribution in [2.75, 3.05) is 13.2 Å². The summed E-state index contributed by atoms with van der Waals surface area (Å²) in [5, 5.41) is 0. The van der Waals surface area contributed by atoms with Crippen LogP contribution in [0, 0.1) is 29.1 Å². The largest absolute Gasteiger partial charge is 0.460 e. The molecule has 2 aliphatic heterocycles. The first-order valence-corrected chi connectivity index (χ1v) is 16.5. The molecule has 0 aromatic rings. The zero-order valence-corrected chi connectivity index (χ0v) is 28.8. The molecule has 44 heavy (non-hydrogen) atoms. The van der Waals surface area contributed by atoms with Crippen molar-refractivity contribution in [1.82, 2.24) is 0 Å². The van der Waals surface area contributed by atoms with Crippen molar-refractivity contribution in [3.8, 4) is 0 Å². The maximum absolute atomic E-state index is 13.2. The van der Waals surface area contributed by atoms with E-state index in [0.717, 1.165) is 18.4 Å². The van der Waals surface area contributed by atoms with Gasteiger partial charge in [0.2, 0.25) is 0 Å². The van der Waals surface area contributed by atoms with Gasteiger partial charge in [0.25, 0.3) is 0 Å². The van der Waals surface area contributed by atoms with Crippen LogP contribution in [-0.2, 0) is 38.1 Å². The van der Waals surface area contributed by atoms with Crippen LogP contribution >= 0.6 is 0 Å². The van der Waals surface area contributed by atoms with E-state index in [2.05, 4.69) is 33.8 Å². The van der Waals surface area contributed by atoms with Gasteiger partial charge in [0.1, 0.15) is 24.9 Å². The van der Waals surface area contributed by atoms with Crippen molar-refractivity contribution in [3.05, 3.63) is 36.0 Å². The molecule has 9 atom stereocenters. The van der Waals surface area contributed by atoms with Crippen LogP contribution in [0.25, 0.3) is 0 Å². The maximum Gasteiger partial charge on any atom is 0.332 e. The lowest BCUT2D eigenvalue weighted by Crippen LogP contribution is -2.36. The van der Waals surface area contributed by atoms with E-state index in [1.54, 1.807) is 6.92 Å². The lowest BCUT2D eigenvalue weighted by atomic mass is 9.79. The van der Waals surface area contributed by atoms with Gasteiger partial charge in [0.15, 0.2) is 0 Å². The first-order chi connectivity index (χ1) is 20.7. The quantitative estimate of drug-likeness (QED) is 0.0705. The molecule has 0 spiro atoms. The monoisotopic (exact) mass is 618 g/mol. The molecule has 0 bridgehead atoms. The van der Waals surface area contributed by atoms with Gasteiger partial charge in [-0.1, -0.05) is 79.2 Å². The smallest absolute Gasteiger partial charge is 0.332 e. The topological polar surface area (TPSA) is 101 Å². The predicted molar refractivity (Wildman–Crippen MR) is 172 cm³/mol. The third-order valence-corrected chi connectivity index (χ3v) is 9.15. The van der Waals surface area contributed by atoms with Crippen LogP contribution < -0.4 is 0 Å². The van der Waals surface area contributed by atoms with Crippen molar-refractivity contribution in [1.29, 1.82) is 0 Å². The van der Waals surface area contributed by atoms with Gasteiger partial charge in [-0.05, 0) is 62.5 Å². The summed E-state index contributed by atoms with van der Waals surface area (Å²) < 4.78 is 28.6. The van der Waals surface area contributed by atoms with E-state index >= 15 is 0 Å². The number of hydrogen-bond donors (Lipinski definition) is 0. The number of carbonyl (C=O) groups excluding carboxylic acids is 3. The molecule has 9 unspecified atom stereocenters. The minimum absolute atomic E-state index is 0.0725. The summed E-state index contributed by atoms with van der Waals surface area (Å²) in [5.74, 6) is 0.0264. The molecule has 0 N–H and O–H groups in total. The number of carbonyl (C=O) groups is 3. The highest BCUT2D eigenvalue weighted by atomic mass is 16.6. The van der Waals surface area contributed by atoms with Gasteiger partial charge in [0, 0.05) is 24.9 Å². The molecule has 8 heteroatoms. The number of ether oxygens (including phenoxy) is 5. The molecule has 0 saturated carbocycles. The number of esters is 3. The zero-order chi connectivity index (χ0) is 33.0. The zero-order valence-electron chi connectivity index (χ0n) is 28.8. The van der Waals surface area contributed by atoms with Crippen molar-refractivity contribution in [2.45, 2.75) is 132 Å². The van der Waals surface area contributed by atoms with Crippen molar-refractivity contribution >= 4 is 17.9 Å². The van der Waals surface area contributed by atoms with Gasteiger partial charge in [0.05, 0.1) is 18.6 Å². The van der Waals surface area contributed by atoms with Gasteiger partial charge in [-0.15, -0.1) is 0 Å². The van der Waals surface area contributed by atoms with E-state index in [4.69, 9.17) is 23.7 Å².